The summed E-state index contributed by atoms with van der Waals surface area (Å²) >= 11 is 0. The number of rotatable bonds is 2. The van der Waals surface area contributed by atoms with Crippen molar-refractivity contribution in [2.24, 2.45) is 0 Å². The van der Waals surface area contributed by atoms with Crippen molar-refractivity contribution < 1.29 is 4.79 Å². The molecule has 25 heavy (non-hydrogen) atoms. The zero-order valence-corrected chi connectivity index (χ0v) is 15.8. The Morgan fingerprint density at radius 1 is 1.20 bits per heavy atom. The molecule has 2 aromatic rings. The highest BCUT2D eigenvalue weighted by Gasteiger charge is 2.26. The predicted octanol–water partition coefficient (Wildman–Crippen LogP) is 2.71. The van der Waals surface area contributed by atoms with Gasteiger partial charge in [0.05, 0.1) is 5.39 Å². The zero-order chi connectivity index (χ0) is 18.2. The van der Waals surface area contributed by atoms with Gasteiger partial charge in [0.25, 0.3) is 0 Å². The molecular formula is C18H28N6O. The van der Waals surface area contributed by atoms with Gasteiger partial charge in [-0.2, -0.15) is 0 Å². The Kier molecular flexibility index (Phi) is 4.58. The van der Waals surface area contributed by atoms with Gasteiger partial charge in [0.15, 0.2) is 0 Å². The maximum atomic E-state index is 12.3. The summed E-state index contributed by atoms with van der Waals surface area (Å²) in [5.74, 6) is 2.08. The molecule has 0 saturated carbocycles. The fourth-order valence-corrected chi connectivity index (χ4v) is 2.96. The van der Waals surface area contributed by atoms with Crippen LogP contribution in [0.15, 0.2) is 12.3 Å². The summed E-state index contributed by atoms with van der Waals surface area (Å²) in [6, 6.07) is 2.03. The predicted molar refractivity (Wildman–Crippen MR) is 100 cm³/mol. The van der Waals surface area contributed by atoms with Crippen molar-refractivity contribution in [3.05, 3.63) is 18.1 Å². The van der Waals surface area contributed by atoms with E-state index in [9.17, 15) is 4.79 Å². The lowest BCUT2D eigenvalue weighted by molar-refractivity contribution is 0.185. The van der Waals surface area contributed by atoms with E-state index in [0.29, 0.717) is 13.1 Å². The number of fused-ring (bicyclic) bond motifs is 1. The van der Waals surface area contributed by atoms with Crippen LogP contribution in [0, 0.1) is 0 Å². The fourth-order valence-electron chi connectivity index (χ4n) is 2.96. The smallest absolute Gasteiger partial charge is 0.317 e. The number of hydrogen-bond acceptors (Lipinski definition) is 4. The fraction of sp³-hybridized carbons (Fsp3) is 0.611. The highest BCUT2D eigenvalue weighted by atomic mass is 16.2. The van der Waals surface area contributed by atoms with Crippen molar-refractivity contribution in [1.29, 1.82) is 0 Å². The molecule has 1 aliphatic heterocycles. The first kappa shape index (κ1) is 17.5. The molecule has 7 nitrogen and oxygen atoms in total. The van der Waals surface area contributed by atoms with E-state index in [1.165, 1.54) is 0 Å². The Labute approximate surface area is 148 Å². The van der Waals surface area contributed by atoms with Gasteiger partial charge in [0, 0.05) is 43.8 Å². The minimum atomic E-state index is -0.218. The summed E-state index contributed by atoms with van der Waals surface area (Å²) in [4.78, 5) is 29.1. The molecule has 2 aromatic heterocycles. The van der Waals surface area contributed by atoms with Gasteiger partial charge in [-0.3, -0.25) is 0 Å². The molecule has 1 saturated heterocycles. The number of aromatic nitrogens is 3. The molecular weight excluding hydrogens is 316 g/mol. The first-order chi connectivity index (χ1) is 11.7. The topological polar surface area (TPSA) is 77.2 Å². The van der Waals surface area contributed by atoms with E-state index in [1.807, 2.05) is 37.9 Å². The first-order valence-corrected chi connectivity index (χ1v) is 8.91. The van der Waals surface area contributed by atoms with E-state index < -0.39 is 0 Å². The second kappa shape index (κ2) is 6.54. The first-order valence-electron chi connectivity index (χ1n) is 8.91. The molecule has 0 radical (unpaired) electrons. The molecule has 136 valence electrons. The highest BCUT2D eigenvalue weighted by molar-refractivity contribution is 5.87. The monoisotopic (exact) mass is 344 g/mol. The van der Waals surface area contributed by atoms with Gasteiger partial charge in [-0.1, -0.05) is 13.8 Å². The molecule has 1 aliphatic rings. The van der Waals surface area contributed by atoms with Crippen molar-refractivity contribution in [3.63, 3.8) is 0 Å². The van der Waals surface area contributed by atoms with Gasteiger partial charge in [-0.15, -0.1) is 0 Å². The Balaban J connectivity index is 1.76. The summed E-state index contributed by atoms with van der Waals surface area (Å²) in [5.41, 5.74) is 0.659. The molecule has 7 heteroatoms. The third-order valence-electron chi connectivity index (χ3n) is 4.28. The van der Waals surface area contributed by atoms with E-state index in [2.05, 4.69) is 34.0 Å². The summed E-state index contributed by atoms with van der Waals surface area (Å²) in [6.07, 6.45) is 1.90. The average molecular weight is 344 g/mol. The Morgan fingerprint density at radius 3 is 2.48 bits per heavy atom. The van der Waals surface area contributed by atoms with Crippen LogP contribution in [0.1, 0.15) is 46.4 Å². The van der Waals surface area contributed by atoms with Gasteiger partial charge in [-0.25, -0.2) is 14.8 Å². The number of hydrogen-bond donors (Lipinski definition) is 2. The highest BCUT2D eigenvalue weighted by Crippen LogP contribution is 2.26. The lowest BCUT2D eigenvalue weighted by Crippen LogP contribution is -2.55. The van der Waals surface area contributed by atoms with Crippen LogP contribution in [0.25, 0.3) is 11.0 Å². The molecule has 0 atom stereocenters. The number of anilines is 1. The lowest BCUT2D eigenvalue weighted by Gasteiger charge is -2.37. The minimum Gasteiger partial charge on any atom is -0.352 e. The van der Waals surface area contributed by atoms with Gasteiger partial charge in [0.1, 0.15) is 17.3 Å². The summed E-state index contributed by atoms with van der Waals surface area (Å²) < 4.78 is 0. The van der Waals surface area contributed by atoms with Crippen LogP contribution >= 0.6 is 0 Å². The van der Waals surface area contributed by atoms with E-state index in [4.69, 9.17) is 4.98 Å². The number of nitrogens with zero attached hydrogens (tertiary/aromatic N) is 4. The van der Waals surface area contributed by atoms with E-state index in [-0.39, 0.29) is 17.5 Å². The van der Waals surface area contributed by atoms with Gasteiger partial charge >= 0.3 is 6.03 Å². The van der Waals surface area contributed by atoms with Crippen molar-refractivity contribution in [2.75, 3.05) is 31.1 Å². The van der Waals surface area contributed by atoms with Crippen LogP contribution in [0.4, 0.5) is 10.6 Å². The third-order valence-corrected chi connectivity index (χ3v) is 4.28. The van der Waals surface area contributed by atoms with Crippen LogP contribution in [0.3, 0.4) is 0 Å². The number of carbonyl (C=O) groups is 1. The maximum Gasteiger partial charge on any atom is 0.317 e. The Bertz CT molecular complexity index is 753. The molecule has 0 unspecified atom stereocenters. The van der Waals surface area contributed by atoms with Crippen LogP contribution in [0.5, 0.6) is 0 Å². The van der Waals surface area contributed by atoms with E-state index in [1.54, 1.807) is 0 Å². The quantitative estimate of drug-likeness (QED) is 0.878. The number of piperazine rings is 1. The van der Waals surface area contributed by atoms with Crippen LogP contribution in [-0.2, 0) is 0 Å². The van der Waals surface area contributed by atoms with Crippen LogP contribution in [0.2, 0.25) is 0 Å². The summed E-state index contributed by atoms with van der Waals surface area (Å²) in [6.45, 7) is 13.1. The molecule has 0 bridgehead atoms. The molecule has 0 aliphatic carbocycles. The molecule has 3 rings (SSSR count). The zero-order valence-electron chi connectivity index (χ0n) is 15.8. The van der Waals surface area contributed by atoms with Crippen molar-refractivity contribution in [2.45, 2.75) is 46.1 Å². The van der Waals surface area contributed by atoms with Crippen LogP contribution < -0.4 is 10.2 Å². The Morgan fingerprint density at radius 2 is 1.88 bits per heavy atom. The van der Waals surface area contributed by atoms with Gasteiger partial charge in [0.2, 0.25) is 0 Å². The van der Waals surface area contributed by atoms with E-state index in [0.717, 1.165) is 35.8 Å². The summed E-state index contributed by atoms with van der Waals surface area (Å²) in [5, 5.41) is 4.07. The third kappa shape index (κ3) is 3.86. The number of nitrogens with one attached hydrogen (secondary N) is 2. The molecule has 3 heterocycles. The van der Waals surface area contributed by atoms with Crippen molar-refractivity contribution in [1.82, 2.24) is 25.2 Å². The van der Waals surface area contributed by atoms with Gasteiger partial charge < -0.3 is 20.1 Å². The molecule has 1 fully saturated rings. The Hall–Kier alpha value is -2.31. The molecule has 2 N–H and O–H groups in total. The largest absolute Gasteiger partial charge is 0.352 e. The minimum absolute atomic E-state index is 0.00417. The van der Waals surface area contributed by atoms with Gasteiger partial charge in [-0.05, 0) is 26.8 Å². The van der Waals surface area contributed by atoms with Crippen molar-refractivity contribution in [3.8, 4) is 0 Å². The number of H-pyrrole nitrogens is 1. The summed E-state index contributed by atoms with van der Waals surface area (Å²) in [7, 11) is 0. The molecule has 0 spiro atoms. The van der Waals surface area contributed by atoms with E-state index >= 15 is 0 Å². The standard InChI is InChI=1S/C18H28N6O/c1-12(2)14-20-15-13(6-7-19-15)16(21-14)23-8-10-24(11-9-23)17(25)22-18(3,4)5/h6-7,12H,8-11H2,1-5H3,(H,22,25)(H,19,20,21). The lowest BCUT2D eigenvalue weighted by atomic mass is 10.1. The van der Waals surface area contributed by atoms with Crippen molar-refractivity contribution >= 4 is 22.9 Å². The molecule has 0 aromatic carbocycles. The number of carbonyl (C=O) groups excluding carboxylic acids is 1. The molecule has 2 amide bonds. The number of aromatic amines is 1. The number of urea groups is 1. The number of amides is 2. The van der Waals surface area contributed by atoms with Crippen LogP contribution in [-0.4, -0.2) is 57.6 Å². The maximum absolute atomic E-state index is 12.3. The second-order valence-electron chi connectivity index (χ2n) is 7.95. The average Bonchev–Trinajstić information content (AvgIpc) is 3.01. The second-order valence-corrected chi connectivity index (χ2v) is 7.95. The normalized spacial score (nSPS) is 15.9. The SMILES string of the molecule is CC(C)c1nc(N2CCN(C(=O)NC(C)(C)C)CC2)c2cc[nH]c2n1.